The van der Waals surface area contributed by atoms with Crippen molar-refractivity contribution in [1.29, 1.82) is 0 Å². The fourth-order valence-corrected chi connectivity index (χ4v) is 2.58. The molecule has 0 aliphatic heterocycles. The first kappa shape index (κ1) is 15.1. The first-order valence-corrected chi connectivity index (χ1v) is 7.42. The van der Waals surface area contributed by atoms with E-state index in [4.69, 9.17) is 0 Å². The molecule has 0 amide bonds. The second-order valence-electron chi connectivity index (χ2n) is 4.55. The van der Waals surface area contributed by atoms with Crippen molar-refractivity contribution in [3.05, 3.63) is 35.9 Å². The number of benzene rings is 1. The maximum Gasteiger partial charge on any atom is 0.312 e. The van der Waals surface area contributed by atoms with Gasteiger partial charge in [-0.05, 0) is 25.8 Å². The van der Waals surface area contributed by atoms with Crippen LogP contribution in [-0.2, 0) is 4.79 Å². The van der Waals surface area contributed by atoms with Gasteiger partial charge in [0, 0.05) is 18.3 Å². The maximum atomic E-state index is 11.4. The SMILES string of the molecule is CSCC(C)N(C)CC(C(=O)O)c1ccccc1. The highest BCUT2D eigenvalue weighted by Crippen LogP contribution is 2.18. The van der Waals surface area contributed by atoms with E-state index in [0.29, 0.717) is 12.6 Å². The maximum absolute atomic E-state index is 11.4. The quantitative estimate of drug-likeness (QED) is 0.824. The van der Waals surface area contributed by atoms with Gasteiger partial charge in [-0.3, -0.25) is 4.79 Å². The number of likely N-dealkylation sites (N-methyl/N-ethyl adjacent to an activating group) is 1. The molecule has 1 N–H and O–H groups in total. The Hall–Kier alpha value is -1.00. The Morgan fingerprint density at radius 2 is 2.00 bits per heavy atom. The van der Waals surface area contributed by atoms with E-state index in [1.807, 2.05) is 37.4 Å². The highest BCUT2D eigenvalue weighted by molar-refractivity contribution is 7.98. The predicted octanol–water partition coefficient (Wildman–Crippen LogP) is 2.54. The first-order chi connectivity index (χ1) is 8.56. The van der Waals surface area contributed by atoms with E-state index < -0.39 is 11.9 Å². The highest BCUT2D eigenvalue weighted by Gasteiger charge is 2.23. The number of aliphatic carboxylic acids is 1. The largest absolute Gasteiger partial charge is 0.481 e. The first-order valence-electron chi connectivity index (χ1n) is 6.03. The summed E-state index contributed by atoms with van der Waals surface area (Å²) < 4.78 is 0. The summed E-state index contributed by atoms with van der Waals surface area (Å²) in [7, 11) is 1.99. The molecule has 0 spiro atoms. The van der Waals surface area contributed by atoms with Crippen molar-refractivity contribution in [3.8, 4) is 0 Å². The van der Waals surface area contributed by atoms with Crippen LogP contribution in [0.3, 0.4) is 0 Å². The number of nitrogens with zero attached hydrogens (tertiary/aromatic N) is 1. The molecule has 0 heterocycles. The predicted molar refractivity (Wildman–Crippen MR) is 77.3 cm³/mol. The van der Waals surface area contributed by atoms with Gasteiger partial charge in [-0.1, -0.05) is 30.3 Å². The van der Waals surface area contributed by atoms with Gasteiger partial charge in [-0.25, -0.2) is 0 Å². The monoisotopic (exact) mass is 267 g/mol. The van der Waals surface area contributed by atoms with Crippen molar-refractivity contribution in [2.45, 2.75) is 18.9 Å². The number of carbonyl (C=O) groups is 1. The lowest BCUT2D eigenvalue weighted by Gasteiger charge is -2.27. The molecule has 2 unspecified atom stereocenters. The van der Waals surface area contributed by atoms with E-state index in [-0.39, 0.29) is 0 Å². The molecule has 4 heteroatoms. The molecule has 0 saturated carbocycles. The van der Waals surface area contributed by atoms with Gasteiger partial charge in [0.2, 0.25) is 0 Å². The zero-order chi connectivity index (χ0) is 13.5. The lowest BCUT2D eigenvalue weighted by Crippen LogP contribution is -2.36. The van der Waals surface area contributed by atoms with Crippen molar-refractivity contribution in [2.24, 2.45) is 0 Å². The van der Waals surface area contributed by atoms with E-state index in [1.54, 1.807) is 11.8 Å². The number of carboxylic acids is 1. The summed E-state index contributed by atoms with van der Waals surface area (Å²) in [5, 5.41) is 9.36. The van der Waals surface area contributed by atoms with E-state index in [9.17, 15) is 9.90 Å². The molecule has 0 aliphatic rings. The molecule has 100 valence electrons. The highest BCUT2D eigenvalue weighted by atomic mass is 32.2. The Kier molecular flexibility index (Phi) is 6.22. The second kappa shape index (κ2) is 7.44. The van der Waals surface area contributed by atoms with Crippen LogP contribution in [0, 0.1) is 0 Å². The van der Waals surface area contributed by atoms with Crippen LogP contribution in [0.5, 0.6) is 0 Å². The fraction of sp³-hybridized carbons (Fsp3) is 0.500. The topological polar surface area (TPSA) is 40.5 Å². The molecule has 18 heavy (non-hydrogen) atoms. The second-order valence-corrected chi connectivity index (χ2v) is 5.46. The molecule has 0 fully saturated rings. The summed E-state index contributed by atoms with van der Waals surface area (Å²) in [6, 6.07) is 9.82. The van der Waals surface area contributed by atoms with Crippen LogP contribution in [0.15, 0.2) is 30.3 Å². The Labute approximate surface area is 113 Å². The van der Waals surface area contributed by atoms with Crippen molar-refractivity contribution in [1.82, 2.24) is 4.90 Å². The Morgan fingerprint density at radius 3 is 2.50 bits per heavy atom. The van der Waals surface area contributed by atoms with Crippen LogP contribution >= 0.6 is 11.8 Å². The third-order valence-corrected chi connectivity index (χ3v) is 3.95. The van der Waals surface area contributed by atoms with Crippen molar-refractivity contribution < 1.29 is 9.90 Å². The number of rotatable bonds is 7. The van der Waals surface area contributed by atoms with Gasteiger partial charge >= 0.3 is 5.97 Å². The molecule has 0 bridgehead atoms. The van der Waals surface area contributed by atoms with Crippen LogP contribution in [0.25, 0.3) is 0 Å². The normalized spacial score (nSPS) is 14.4. The molecule has 1 rings (SSSR count). The van der Waals surface area contributed by atoms with Crippen LogP contribution in [0.2, 0.25) is 0 Å². The molecule has 1 aromatic rings. The van der Waals surface area contributed by atoms with Gasteiger partial charge in [0.05, 0.1) is 5.92 Å². The van der Waals surface area contributed by atoms with Crippen LogP contribution in [0.4, 0.5) is 0 Å². The van der Waals surface area contributed by atoms with Gasteiger partial charge in [-0.2, -0.15) is 11.8 Å². The van der Waals surface area contributed by atoms with Crippen molar-refractivity contribution in [3.63, 3.8) is 0 Å². The zero-order valence-electron chi connectivity index (χ0n) is 11.2. The third-order valence-electron chi connectivity index (χ3n) is 3.13. The number of hydrogen-bond acceptors (Lipinski definition) is 3. The van der Waals surface area contributed by atoms with Crippen LogP contribution in [-0.4, -0.2) is 47.6 Å². The van der Waals surface area contributed by atoms with E-state index >= 15 is 0 Å². The zero-order valence-corrected chi connectivity index (χ0v) is 12.0. The fourth-order valence-electron chi connectivity index (χ4n) is 1.85. The smallest absolute Gasteiger partial charge is 0.312 e. The minimum Gasteiger partial charge on any atom is -0.481 e. The van der Waals surface area contributed by atoms with Gasteiger partial charge in [0.15, 0.2) is 0 Å². The molecule has 0 saturated heterocycles. The van der Waals surface area contributed by atoms with Crippen LogP contribution < -0.4 is 0 Å². The standard InChI is InChI=1S/C14H21NO2S/c1-11(10-18-3)15(2)9-13(14(16)17)12-7-5-4-6-8-12/h4-8,11,13H,9-10H2,1-3H3,(H,16,17). The number of carboxylic acid groups (broad SMARTS) is 1. The summed E-state index contributed by atoms with van der Waals surface area (Å²) in [5.41, 5.74) is 0.869. The van der Waals surface area contributed by atoms with Gasteiger partial charge in [0.1, 0.15) is 0 Å². The molecular formula is C14H21NO2S. The summed E-state index contributed by atoms with van der Waals surface area (Å²) in [6.45, 7) is 2.67. The van der Waals surface area contributed by atoms with Crippen molar-refractivity contribution in [2.75, 3.05) is 25.6 Å². The van der Waals surface area contributed by atoms with E-state index in [0.717, 1.165) is 11.3 Å². The van der Waals surface area contributed by atoms with Gasteiger partial charge < -0.3 is 10.0 Å². The molecular weight excluding hydrogens is 246 g/mol. The lowest BCUT2D eigenvalue weighted by atomic mass is 9.98. The molecule has 2 atom stereocenters. The summed E-state index contributed by atoms with van der Waals surface area (Å²) in [6.07, 6.45) is 2.07. The minimum absolute atomic E-state index is 0.380. The molecule has 0 radical (unpaired) electrons. The number of hydrogen-bond donors (Lipinski definition) is 1. The minimum atomic E-state index is -0.760. The van der Waals surface area contributed by atoms with E-state index in [1.165, 1.54) is 0 Å². The molecule has 1 aromatic carbocycles. The third kappa shape index (κ3) is 4.35. The number of thioether (sulfide) groups is 1. The Balaban J connectivity index is 2.73. The average Bonchev–Trinajstić information content (AvgIpc) is 2.36. The summed E-state index contributed by atoms with van der Waals surface area (Å²) in [4.78, 5) is 13.5. The van der Waals surface area contributed by atoms with E-state index in [2.05, 4.69) is 18.1 Å². The Bertz CT molecular complexity index is 369. The van der Waals surface area contributed by atoms with Crippen LogP contribution in [0.1, 0.15) is 18.4 Å². The van der Waals surface area contributed by atoms with Gasteiger partial charge in [-0.15, -0.1) is 0 Å². The summed E-state index contributed by atoms with van der Waals surface area (Å²) >= 11 is 1.78. The average molecular weight is 267 g/mol. The molecule has 0 aromatic heterocycles. The Morgan fingerprint density at radius 1 is 1.39 bits per heavy atom. The summed E-state index contributed by atoms with van der Waals surface area (Å²) in [5.74, 6) is -0.206. The van der Waals surface area contributed by atoms with Gasteiger partial charge in [0.25, 0.3) is 0 Å². The lowest BCUT2D eigenvalue weighted by molar-refractivity contribution is -0.139. The molecule has 3 nitrogen and oxygen atoms in total. The molecule has 0 aliphatic carbocycles. The van der Waals surface area contributed by atoms with Crippen molar-refractivity contribution >= 4 is 17.7 Å².